The summed E-state index contributed by atoms with van der Waals surface area (Å²) in [6, 6.07) is 12.0. The fraction of sp³-hybridized carbons (Fsp3) is 0.238. The summed E-state index contributed by atoms with van der Waals surface area (Å²) in [5.41, 5.74) is 3.18. The first-order valence-corrected chi connectivity index (χ1v) is 9.20. The highest BCUT2D eigenvalue weighted by Crippen LogP contribution is 2.54. The minimum atomic E-state index is 0.115. The molecular formula is C21H19Cl2NO. The monoisotopic (exact) mass is 371 g/mol. The topological polar surface area (TPSA) is 21.3 Å². The number of para-hydroxylation sites is 1. The Kier molecular flexibility index (Phi) is 4.49. The molecule has 2 aliphatic rings. The average Bonchev–Trinajstić information content (AvgIpc) is 3.12. The second-order valence-corrected chi connectivity index (χ2v) is 7.25. The molecule has 1 heterocycles. The van der Waals surface area contributed by atoms with Crippen LogP contribution in [0.2, 0.25) is 10.0 Å². The minimum Gasteiger partial charge on any atom is -0.489 e. The van der Waals surface area contributed by atoms with Gasteiger partial charge in [0, 0.05) is 22.1 Å². The van der Waals surface area contributed by atoms with E-state index in [0.717, 1.165) is 34.0 Å². The molecule has 1 N–H and O–H groups in total. The molecule has 0 radical (unpaired) electrons. The first-order valence-electron chi connectivity index (χ1n) is 8.44. The molecular weight excluding hydrogens is 353 g/mol. The van der Waals surface area contributed by atoms with Gasteiger partial charge in [0.15, 0.2) is 0 Å². The van der Waals surface area contributed by atoms with Gasteiger partial charge in [0.25, 0.3) is 0 Å². The first-order chi connectivity index (χ1) is 12.2. The number of benzene rings is 2. The van der Waals surface area contributed by atoms with Crippen molar-refractivity contribution >= 4 is 28.9 Å². The molecule has 4 heteroatoms. The highest BCUT2D eigenvalue weighted by molar-refractivity contribution is 6.36. The Morgan fingerprint density at radius 1 is 1.16 bits per heavy atom. The van der Waals surface area contributed by atoms with Gasteiger partial charge >= 0.3 is 0 Å². The third-order valence-electron chi connectivity index (χ3n) is 5.03. The largest absolute Gasteiger partial charge is 0.489 e. The van der Waals surface area contributed by atoms with Crippen molar-refractivity contribution in [3.8, 4) is 5.75 Å². The van der Waals surface area contributed by atoms with E-state index in [-0.39, 0.29) is 12.0 Å². The van der Waals surface area contributed by atoms with Gasteiger partial charge in [-0.1, -0.05) is 66.2 Å². The van der Waals surface area contributed by atoms with E-state index in [9.17, 15) is 0 Å². The molecule has 0 spiro atoms. The van der Waals surface area contributed by atoms with Gasteiger partial charge in [0.05, 0.1) is 16.8 Å². The van der Waals surface area contributed by atoms with Crippen molar-refractivity contribution in [2.45, 2.75) is 18.4 Å². The van der Waals surface area contributed by atoms with E-state index in [1.807, 2.05) is 30.3 Å². The highest BCUT2D eigenvalue weighted by atomic mass is 35.5. The van der Waals surface area contributed by atoms with Gasteiger partial charge in [-0.2, -0.15) is 0 Å². The highest BCUT2D eigenvalue weighted by Gasteiger charge is 2.40. The van der Waals surface area contributed by atoms with Crippen LogP contribution in [0.1, 0.15) is 29.5 Å². The predicted molar refractivity (Wildman–Crippen MR) is 105 cm³/mol. The molecule has 3 atom stereocenters. The van der Waals surface area contributed by atoms with Crippen LogP contribution in [0.5, 0.6) is 5.75 Å². The number of hydrogen-bond donors (Lipinski definition) is 1. The van der Waals surface area contributed by atoms with E-state index < -0.39 is 0 Å². The molecule has 1 aliphatic heterocycles. The van der Waals surface area contributed by atoms with Gasteiger partial charge in [0.1, 0.15) is 12.4 Å². The van der Waals surface area contributed by atoms with Crippen LogP contribution in [0, 0.1) is 5.92 Å². The van der Waals surface area contributed by atoms with Crippen molar-refractivity contribution in [2.75, 3.05) is 11.9 Å². The van der Waals surface area contributed by atoms with Gasteiger partial charge < -0.3 is 10.1 Å². The maximum absolute atomic E-state index is 6.51. The molecule has 0 saturated carbocycles. The summed E-state index contributed by atoms with van der Waals surface area (Å²) in [7, 11) is 0. The van der Waals surface area contributed by atoms with Crippen molar-refractivity contribution in [1.82, 2.24) is 0 Å². The number of allylic oxidation sites excluding steroid dienone is 2. The van der Waals surface area contributed by atoms with Crippen LogP contribution in [0.3, 0.4) is 0 Å². The number of fused-ring (bicyclic) bond motifs is 3. The lowest BCUT2D eigenvalue weighted by atomic mass is 9.77. The molecule has 0 amide bonds. The fourth-order valence-electron chi connectivity index (χ4n) is 3.95. The van der Waals surface area contributed by atoms with Crippen LogP contribution in [-0.4, -0.2) is 6.61 Å². The van der Waals surface area contributed by atoms with Gasteiger partial charge in [-0.15, -0.1) is 0 Å². The zero-order valence-corrected chi connectivity index (χ0v) is 15.2. The molecule has 2 nitrogen and oxygen atoms in total. The van der Waals surface area contributed by atoms with Gasteiger partial charge in [-0.25, -0.2) is 0 Å². The number of nitrogens with one attached hydrogen (secondary N) is 1. The maximum atomic E-state index is 6.51. The van der Waals surface area contributed by atoms with Gasteiger partial charge in [-0.3, -0.25) is 0 Å². The summed E-state index contributed by atoms with van der Waals surface area (Å²) in [6.07, 6.45) is 7.26. The summed E-state index contributed by atoms with van der Waals surface area (Å²) >= 11 is 13.0. The quantitative estimate of drug-likeness (QED) is 0.629. The third kappa shape index (κ3) is 2.84. The van der Waals surface area contributed by atoms with Crippen LogP contribution >= 0.6 is 23.2 Å². The smallest absolute Gasteiger partial charge is 0.125 e. The Morgan fingerprint density at radius 2 is 1.96 bits per heavy atom. The fourth-order valence-corrected chi connectivity index (χ4v) is 4.46. The molecule has 0 bridgehead atoms. The lowest BCUT2D eigenvalue weighted by Gasteiger charge is -2.38. The van der Waals surface area contributed by atoms with E-state index in [1.54, 1.807) is 6.08 Å². The Bertz CT molecular complexity index is 846. The number of anilines is 1. The van der Waals surface area contributed by atoms with E-state index in [2.05, 4.69) is 30.1 Å². The van der Waals surface area contributed by atoms with Crippen molar-refractivity contribution < 1.29 is 4.74 Å². The number of rotatable bonds is 4. The van der Waals surface area contributed by atoms with Crippen molar-refractivity contribution in [1.29, 1.82) is 0 Å². The summed E-state index contributed by atoms with van der Waals surface area (Å²) in [4.78, 5) is 0. The lowest BCUT2D eigenvalue weighted by molar-refractivity contribution is 0.346. The SMILES string of the molecule is C=CCOc1ccccc1[C@@H]1Nc2c(Cl)ccc(Cl)c2[C@H]2C=CC[C@@H]21. The normalized spacial score (nSPS) is 23.5. The average molecular weight is 372 g/mol. The van der Waals surface area contributed by atoms with E-state index in [0.29, 0.717) is 17.5 Å². The summed E-state index contributed by atoms with van der Waals surface area (Å²) in [6.45, 7) is 4.22. The molecule has 4 rings (SSSR count). The van der Waals surface area contributed by atoms with Crippen LogP contribution < -0.4 is 10.1 Å². The Labute approximate surface area is 158 Å². The summed E-state index contributed by atoms with van der Waals surface area (Å²) < 4.78 is 5.89. The number of ether oxygens (including phenoxy) is 1. The lowest BCUT2D eigenvalue weighted by Crippen LogP contribution is -2.30. The van der Waals surface area contributed by atoms with E-state index in [4.69, 9.17) is 27.9 Å². The second kappa shape index (κ2) is 6.78. The van der Waals surface area contributed by atoms with Gasteiger partial charge in [-0.05, 0) is 30.5 Å². The van der Waals surface area contributed by atoms with Crippen molar-refractivity contribution in [2.24, 2.45) is 5.92 Å². The molecule has 1 aliphatic carbocycles. The van der Waals surface area contributed by atoms with Crippen LogP contribution in [0.15, 0.2) is 61.2 Å². The maximum Gasteiger partial charge on any atom is 0.125 e. The predicted octanol–water partition coefficient (Wildman–Crippen LogP) is 6.38. The molecule has 25 heavy (non-hydrogen) atoms. The standard InChI is InChI=1S/C21H19Cl2NO/c1-2-12-25-18-9-4-3-6-15(18)20-14-8-5-7-13(14)19-16(22)10-11-17(23)21(19)24-20/h2-7,9-11,13-14,20,24H,1,8,12H2/t13-,14-,20+/m0/s1. The first kappa shape index (κ1) is 16.6. The van der Waals surface area contributed by atoms with E-state index in [1.165, 1.54) is 0 Å². The number of hydrogen-bond acceptors (Lipinski definition) is 2. The molecule has 0 saturated heterocycles. The molecule has 128 valence electrons. The van der Waals surface area contributed by atoms with Gasteiger partial charge in [0.2, 0.25) is 0 Å². The van der Waals surface area contributed by atoms with Crippen molar-refractivity contribution in [3.63, 3.8) is 0 Å². The van der Waals surface area contributed by atoms with Crippen LogP contribution in [0.4, 0.5) is 5.69 Å². The molecule has 0 aromatic heterocycles. The van der Waals surface area contributed by atoms with Crippen molar-refractivity contribution in [3.05, 3.63) is 82.4 Å². The van der Waals surface area contributed by atoms with E-state index >= 15 is 0 Å². The van der Waals surface area contributed by atoms with Crippen LogP contribution in [0.25, 0.3) is 0 Å². The molecule has 2 aromatic carbocycles. The Balaban J connectivity index is 1.80. The third-order valence-corrected chi connectivity index (χ3v) is 5.67. The zero-order chi connectivity index (χ0) is 17.4. The Morgan fingerprint density at radius 3 is 2.80 bits per heavy atom. The Hall–Kier alpha value is -1.90. The minimum absolute atomic E-state index is 0.115. The van der Waals surface area contributed by atoms with Crippen LogP contribution in [-0.2, 0) is 0 Å². The molecule has 0 unspecified atom stereocenters. The molecule has 0 fully saturated rings. The summed E-state index contributed by atoms with van der Waals surface area (Å²) in [5.74, 6) is 1.53. The molecule has 2 aromatic rings. The number of halogens is 2. The second-order valence-electron chi connectivity index (χ2n) is 6.43. The zero-order valence-electron chi connectivity index (χ0n) is 13.7. The summed E-state index contributed by atoms with van der Waals surface area (Å²) in [5, 5.41) is 5.12.